The first-order chi connectivity index (χ1) is 8.62. The summed E-state index contributed by atoms with van der Waals surface area (Å²) in [6.07, 6.45) is 3.17. The lowest BCUT2D eigenvalue weighted by atomic mass is 9.83. The number of aliphatic carboxylic acids is 1. The van der Waals surface area contributed by atoms with Crippen molar-refractivity contribution < 1.29 is 14.3 Å². The lowest BCUT2D eigenvalue weighted by molar-refractivity contribution is -0.144. The zero-order valence-electron chi connectivity index (χ0n) is 9.78. The van der Waals surface area contributed by atoms with Gasteiger partial charge in [-0.05, 0) is 37.1 Å². The van der Waals surface area contributed by atoms with E-state index < -0.39 is 11.4 Å². The molecule has 0 atom stereocenters. The van der Waals surface area contributed by atoms with Gasteiger partial charge in [0, 0.05) is 10.4 Å². The van der Waals surface area contributed by atoms with Crippen LogP contribution < -0.4 is 0 Å². The van der Waals surface area contributed by atoms with Gasteiger partial charge in [0.1, 0.15) is 16.8 Å². The van der Waals surface area contributed by atoms with E-state index in [1.165, 1.54) is 0 Å². The molecule has 1 aromatic carbocycles. The first-order valence-electron chi connectivity index (χ1n) is 6.05. The van der Waals surface area contributed by atoms with E-state index in [0.29, 0.717) is 29.2 Å². The molecular formula is C14H13ClO3. The molecule has 3 rings (SSSR count). The lowest BCUT2D eigenvalue weighted by Gasteiger charge is -2.20. The van der Waals surface area contributed by atoms with Crippen molar-refractivity contribution in [1.29, 1.82) is 0 Å². The molecule has 18 heavy (non-hydrogen) atoms. The molecule has 0 radical (unpaired) electrons. The Morgan fingerprint density at radius 2 is 2.00 bits per heavy atom. The minimum atomic E-state index is -0.842. The van der Waals surface area contributed by atoms with Crippen LogP contribution in [0.4, 0.5) is 0 Å². The second kappa shape index (κ2) is 4.02. The Morgan fingerprint density at radius 3 is 2.67 bits per heavy atom. The minimum Gasteiger partial charge on any atom is -0.480 e. The zero-order chi connectivity index (χ0) is 12.8. The van der Waals surface area contributed by atoms with E-state index in [0.717, 1.165) is 18.2 Å². The Kier molecular flexibility index (Phi) is 2.59. The molecule has 94 valence electrons. The van der Waals surface area contributed by atoms with Gasteiger partial charge in [-0.1, -0.05) is 24.4 Å². The third-order valence-electron chi connectivity index (χ3n) is 3.82. The Balaban J connectivity index is 2.15. The number of rotatable bonds is 2. The van der Waals surface area contributed by atoms with Crippen LogP contribution in [0.2, 0.25) is 5.02 Å². The molecule has 0 bridgehead atoms. The maximum atomic E-state index is 11.6. The second-order valence-electron chi connectivity index (χ2n) is 4.89. The van der Waals surface area contributed by atoms with Crippen molar-refractivity contribution in [3.63, 3.8) is 0 Å². The van der Waals surface area contributed by atoms with E-state index in [9.17, 15) is 9.90 Å². The smallest absolute Gasteiger partial charge is 0.317 e. The van der Waals surface area contributed by atoms with Crippen molar-refractivity contribution in [3.05, 3.63) is 35.0 Å². The molecule has 1 aliphatic rings. The quantitative estimate of drug-likeness (QED) is 0.892. The molecule has 1 fully saturated rings. The average Bonchev–Trinajstić information content (AvgIpc) is 2.94. The van der Waals surface area contributed by atoms with Gasteiger partial charge in [-0.25, -0.2) is 0 Å². The van der Waals surface area contributed by atoms with Crippen LogP contribution in [0.15, 0.2) is 28.7 Å². The van der Waals surface area contributed by atoms with Gasteiger partial charge in [0.2, 0.25) is 0 Å². The SMILES string of the molecule is O=C(O)C1(c2cc3cc(Cl)ccc3o2)CCCC1. The van der Waals surface area contributed by atoms with E-state index in [1.807, 2.05) is 6.07 Å². The van der Waals surface area contributed by atoms with Crippen molar-refractivity contribution in [2.24, 2.45) is 0 Å². The van der Waals surface area contributed by atoms with Crippen LogP contribution >= 0.6 is 11.6 Å². The van der Waals surface area contributed by atoms with Crippen molar-refractivity contribution in [2.45, 2.75) is 31.1 Å². The summed E-state index contributed by atoms with van der Waals surface area (Å²) in [5.74, 6) is -0.227. The van der Waals surface area contributed by atoms with Gasteiger partial charge in [0.15, 0.2) is 0 Å². The molecule has 1 aliphatic carbocycles. The van der Waals surface area contributed by atoms with Gasteiger partial charge in [0.25, 0.3) is 0 Å². The van der Waals surface area contributed by atoms with Crippen LogP contribution in [0, 0.1) is 0 Å². The fourth-order valence-corrected chi connectivity index (χ4v) is 2.97. The third kappa shape index (κ3) is 1.62. The van der Waals surface area contributed by atoms with Crippen LogP contribution in [0.5, 0.6) is 0 Å². The predicted octanol–water partition coefficient (Wildman–Crippen LogP) is 3.98. The lowest BCUT2D eigenvalue weighted by Crippen LogP contribution is -2.31. The van der Waals surface area contributed by atoms with Gasteiger partial charge in [0.05, 0.1) is 0 Å². The van der Waals surface area contributed by atoms with Crippen LogP contribution in [-0.2, 0) is 10.2 Å². The van der Waals surface area contributed by atoms with Crippen LogP contribution in [0.3, 0.4) is 0 Å². The molecule has 1 heterocycles. The molecule has 4 heteroatoms. The summed E-state index contributed by atoms with van der Waals surface area (Å²) >= 11 is 5.93. The highest BCUT2D eigenvalue weighted by Gasteiger charge is 2.45. The van der Waals surface area contributed by atoms with Crippen molar-refractivity contribution in [3.8, 4) is 0 Å². The van der Waals surface area contributed by atoms with Gasteiger partial charge >= 0.3 is 5.97 Å². The molecule has 0 aliphatic heterocycles. The first-order valence-corrected chi connectivity index (χ1v) is 6.43. The molecule has 0 saturated heterocycles. The second-order valence-corrected chi connectivity index (χ2v) is 5.32. The molecule has 1 N–H and O–H groups in total. The number of furan rings is 1. The third-order valence-corrected chi connectivity index (χ3v) is 4.05. The van der Waals surface area contributed by atoms with Gasteiger partial charge in [-0.15, -0.1) is 0 Å². The Bertz CT molecular complexity index is 609. The summed E-state index contributed by atoms with van der Waals surface area (Å²) in [4.78, 5) is 11.6. The molecule has 0 spiro atoms. The summed E-state index contributed by atoms with van der Waals surface area (Å²) in [5, 5.41) is 11.0. The van der Waals surface area contributed by atoms with Gasteiger partial charge in [-0.3, -0.25) is 4.79 Å². The summed E-state index contributed by atoms with van der Waals surface area (Å²) in [7, 11) is 0. The molecule has 0 amide bonds. The fourth-order valence-electron chi connectivity index (χ4n) is 2.79. The maximum Gasteiger partial charge on any atom is 0.317 e. The summed E-state index contributed by atoms with van der Waals surface area (Å²) < 4.78 is 5.73. The largest absolute Gasteiger partial charge is 0.480 e. The number of carboxylic acid groups (broad SMARTS) is 1. The van der Waals surface area contributed by atoms with E-state index in [2.05, 4.69) is 0 Å². The predicted molar refractivity (Wildman–Crippen MR) is 69.0 cm³/mol. The number of carbonyl (C=O) groups is 1. The molecule has 3 nitrogen and oxygen atoms in total. The topological polar surface area (TPSA) is 50.4 Å². The summed E-state index contributed by atoms with van der Waals surface area (Å²) in [6.45, 7) is 0. The Hall–Kier alpha value is -1.48. The number of hydrogen-bond donors (Lipinski definition) is 1. The standard InChI is InChI=1S/C14H13ClO3/c15-10-3-4-11-9(7-10)8-12(18-11)14(13(16)17)5-1-2-6-14/h3-4,7-8H,1-2,5-6H2,(H,16,17). The highest BCUT2D eigenvalue weighted by molar-refractivity contribution is 6.31. The number of hydrogen-bond acceptors (Lipinski definition) is 2. The number of halogens is 1. The van der Waals surface area contributed by atoms with Crippen molar-refractivity contribution >= 4 is 28.5 Å². The number of carboxylic acids is 1. The van der Waals surface area contributed by atoms with Crippen LogP contribution in [0.25, 0.3) is 11.0 Å². The molecule has 1 saturated carbocycles. The number of fused-ring (bicyclic) bond motifs is 1. The van der Waals surface area contributed by atoms with E-state index in [4.69, 9.17) is 16.0 Å². The summed E-state index contributed by atoms with van der Waals surface area (Å²) in [6, 6.07) is 7.15. The highest BCUT2D eigenvalue weighted by atomic mass is 35.5. The Morgan fingerprint density at radius 1 is 1.28 bits per heavy atom. The molecule has 1 aromatic heterocycles. The van der Waals surface area contributed by atoms with Crippen LogP contribution in [0.1, 0.15) is 31.4 Å². The summed E-state index contributed by atoms with van der Waals surface area (Å²) in [5.41, 5.74) is -0.146. The first kappa shape index (κ1) is 11.6. The van der Waals surface area contributed by atoms with Crippen LogP contribution in [-0.4, -0.2) is 11.1 Å². The van der Waals surface area contributed by atoms with E-state index in [-0.39, 0.29) is 0 Å². The van der Waals surface area contributed by atoms with Gasteiger partial charge < -0.3 is 9.52 Å². The zero-order valence-corrected chi connectivity index (χ0v) is 10.5. The van der Waals surface area contributed by atoms with Crippen molar-refractivity contribution in [2.75, 3.05) is 0 Å². The van der Waals surface area contributed by atoms with E-state index >= 15 is 0 Å². The Labute approximate surface area is 109 Å². The highest BCUT2D eigenvalue weighted by Crippen LogP contribution is 2.43. The van der Waals surface area contributed by atoms with Crippen molar-refractivity contribution in [1.82, 2.24) is 0 Å². The average molecular weight is 265 g/mol. The molecule has 0 unspecified atom stereocenters. The maximum absolute atomic E-state index is 11.6. The monoisotopic (exact) mass is 264 g/mol. The normalized spacial score (nSPS) is 18.3. The minimum absolute atomic E-state index is 0.560. The molecule has 2 aromatic rings. The van der Waals surface area contributed by atoms with Gasteiger partial charge in [-0.2, -0.15) is 0 Å². The molecular weight excluding hydrogens is 252 g/mol. The fraction of sp³-hybridized carbons (Fsp3) is 0.357. The van der Waals surface area contributed by atoms with E-state index in [1.54, 1.807) is 18.2 Å². The number of benzene rings is 1.